The largest absolute Gasteiger partial charge is 0.352 e. The molecule has 5 heteroatoms. The monoisotopic (exact) mass is 308 g/mol. The topological polar surface area (TPSA) is 55.1 Å². The second-order valence-corrected chi connectivity index (χ2v) is 6.71. The molecule has 3 unspecified atom stereocenters. The summed E-state index contributed by atoms with van der Waals surface area (Å²) in [5.74, 6) is 1.76. The summed E-state index contributed by atoms with van der Waals surface area (Å²) >= 11 is 1.76. The Balaban J connectivity index is 0.00000324. The van der Waals surface area contributed by atoms with Gasteiger partial charge in [-0.2, -0.15) is 0 Å². The smallest absolute Gasteiger partial charge is 0.233 e. The van der Waals surface area contributed by atoms with E-state index in [1.54, 1.807) is 11.8 Å². The molecular formula is C14H29ClN2OS. The third kappa shape index (κ3) is 6.87. The highest BCUT2D eigenvalue weighted by atomic mass is 35.5. The Morgan fingerprint density at radius 3 is 2.74 bits per heavy atom. The molecule has 114 valence electrons. The maximum absolute atomic E-state index is 12.1. The van der Waals surface area contributed by atoms with Gasteiger partial charge in [-0.05, 0) is 44.4 Å². The lowest BCUT2D eigenvalue weighted by Crippen LogP contribution is -2.47. The van der Waals surface area contributed by atoms with Gasteiger partial charge in [-0.3, -0.25) is 4.79 Å². The van der Waals surface area contributed by atoms with Crippen molar-refractivity contribution >= 4 is 30.1 Å². The van der Waals surface area contributed by atoms with E-state index in [1.165, 1.54) is 32.1 Å². The average molecular weight is 309 g/mol. The van der Waals surface area contributed by atoms with Crippen LogP contribution >= 0.6 is 24.2 Å². The Morgan fingerprint density at radius 1 is 1.42 bits per heavy atom. The van der Waals surface area contributed by atoms with E-state index in [9.17, 15) is 4.79 Å². The third-order valence-electron chi connectivity index (χ3n) is 3.77. The number of thioether (sulfide) groups is 1. The van der Waals surface area contributed by atoms with Gasteiger partial charge in [0.1, 0.15) is 0 Å². The Morgan fingerprint density at radius 2 is 2.11 bits per heavy atom. The summed E-state index contributed by atoms with van der Waals surface area (Å²) in [5, 5.41) is 3.27. The van der Waals surface area contributed by atoms with E-state index in [0.717, 1.165) is 12.2 Å². The van der Waals surface area contributed by atoms with Gasteiger partial charge >= 0.3 is 0 Å². The minimum absolute atomic E-state index is 0. The van der Waals surface area contributed by atoms with Gasteiger partial charge in [0.2, 0.25) is 5.91 Å². The molecular weight excluding hydrogens is 280 g/mol. The Hall–Kier alpha value is 0.0700. The molecule has 3 atom stereocenters. The predicted octanol–water partition coefficient (Wildman–Crippen LogP) is 2.96. The summed E-state index contributed by atoms with van der Waals surface area (Å²) in [6, 6.07) is 0.311. The minimum Gasteiger partial charge on any atom is -0.352 e. The molecule has 0 aromatic rings. The van der Waals surface area contributed by atoms with Crippen LogP contribution in [0.2, 0.25) is 0 Å². The van der Waals surface area contributed by atoms with Crippen molar-refractivity contribution in [2.75, 3.05) is 12.3 Å². The van der Waals surface area contributed by atoms with Crippen LogP contribution in [-0.2, 0) is 4.79 Å². The van der Waals surface area contributed by atoms with E-state index in [-0.39, 0.29) is 23.6 Å². The van der Waals surface area contributed by atoms with Crippen LogP contribution in [0.1, 0.15) is 52.4 Å². The maximum Gasteiger partial charge on any atom is 0.233 e. The highest BCUT2D eigenvalue weighted by Crippen LogP contribution is 2.24. The SMILES string of the molecule is CCCCSC(C)C(=O)NC1CCCCC1CN.Cl. The first kappa shape index (κ1) is 19.1. The lowest BCUT2D eigenvalue weighted by Gasteiger charge is -2.32. The van der Waals surface area contributed by atoms with Gasteiger partial charge in [0.15, 0.2) is 0 Å². The molecule has 19 heavy (non-hydrogen) atoms. The average Bonchev–Trinajstić information content (AvgIpc) is 2.39. The van der Waals surface area contributed by atoms with Crippen LogP contribution in [0.4, 0.5) is 0 Å². The molecule has 0 aliphatic heterocycles. The molecule has 1 aliphatic carbocycles. The summed E-state index contributed by atoms with van der Waals surface area (Å²) in [4.78, 5) is 12.1. The zero-order valence-corrected chi connectivity index (χ0v) is 13.8. The van der Waals surface area contributed by atoms with Crippen molar-refractivity contribution in [3.63, 3.8) is 0 Å². The van der Waals surface area contributed by atoms with Gasteiger partial charge in [0.25, 0.3) is 0 Å². The lowest BCUT2D eigenvalue weighted by molar-refractivity contribution is -0.121. The van der Waals surface area contributed by atoms with Crippen molar-refractivity contribution in [3.05, 3.63) is 0 Å². The van der Waals surface area contributed by atoms with E-state index in [2.05, 4.69) is 12.2 Å². The van der Waals surface area contributed by atoms with Gasteiger partial charge in [0, 0.05) is 6.04 Å². The van der Waals surface area contributed by atoms with Gasteiger partial charge in [-0.25, -0.2) is 0 Å². The first-order valence-electron chi connectivity index (χ1n) is 7.31. The van der Waals surface area contributed by atoms with Crippen molar-refractivity contribution < 1.29 is 4.79 Å². The van der Waals surface area contributed by atoms with E-state index in [1.807, 2.05) is 6.92 Å². The summed E-state index contributed by atoms with van der Waals surface area (Å²) in [5.41, 5.74) is 5.79. The second kappa shape index (κ2) is 10.8. The van der Waals surface area contributed by atoms with Crippen molar-refractivity contribution in [1.82, 2.24) is 5.32 Å². The molecule has 0 radical (unpaired) electrons. The molecule has 3 N–H and O–H groups in total. The number of carbonyl (C=O) groups excluding carboxylic acids is 1. The van der Waals surface area contributed by atoms with E-state index in [0.29, 0.717) is 18.5 Å². The molecule has 0 aromatic carbocycles. The van der Waals surface area contributed by atoms with Gasteiger partial charge < -0.3 is 11.1 Å². The molecule has 1 amide bonds. The molecule has 0 saturated heterocycles. The zero-order chi connectivity index (χ0) is 13.4. The highest BCUT2D eigenvalue weighted by molar-refractivity contribution is 8.00. The van der Waals surface area contributed by atoms with Gasteiger partial charge in [0.05, 0.1) is 5.25 Å². The second-order valence-electron chi connectivity index (χ2n) is 5.26. The maximum atomic E-state index is 12.1. The molecule has 1 fully saturated rings. The Labute approximate surface area is 128 Å². The van der Waals surface area contributed by atoms with Crippen LogP contribution in [0.3, 0.4) is 0 Å². The number of nitrogens with one attached hydrogen (secondary N) is 1. The molecule has 0 heterocycles. The van der Waals surface area contributed by atoms with E-state index in [4.69, 9.17) is 5.73 Å². The standard InChI is InChI=1S/C14H28N2OS.ClH/c1-3-4-9-18-11(2)14(17)16-13-8-6-5-7-12(13)10-15;/h11-13H,3-10,15H2,1-2H3,(H,16,17);1H. The fourth-order valence-electron chi connectivity index (χ4n) is 2.46. The number of rotatable bonds is 7. The normalized spacial score (nSPS) is 24.4. The minimum atomic E-state index is 0. The zero-order valence-electron chi connectivity index (χ0n) is 12.2. The molecule has 3 nitrogen and oxygen atoms in total. The molecule has 1 rings (SSSR count). The number of hydrogen-bond acceptors (Lipinski definition) is 3. The van der Waals surface area contributed by atoms with Crippen LogP contribution in [0.5, 0.6) is 0 Å². The van der Waals surface area contributed by atoms with Crippen LogP contribution in [0, 0.1) is 5.92 Å². The molecule has 1 saturated carbocycles. The van der Waals surface area contributed by atoms with Gasteiger partial charge in [-0.1, -0.05) is 26.2 Å². The molecule has 0 spiro atoms. The summed E-state index contributed by atoms with van der Waals surface area (Å²) in [6.07, 6.45) is 7.13. The summed E-state index contributed by atoms with van der Waals surface area (Å²) in [7, 11) is 0. The lowest BCUT2D eigenvalue weighted by atomic mass is 9.84. The Bertz CT molecular complexity index is 254. The van der Waals surface area contributed by atoms with Crippen molar-refractivity contribution in [2.24, 2.45) is 11.7 Å². The van der Waals surface area contributed by atoms with Crippen LogP contribution < -0.4 is 11.1 Å². The van der Waals surface area contributed by atoms with E-state index < -0.39 is 0 Å². The molecule has 1 aliphatic rings. The number of nitrogens with two attached hydrogens (primary N) is 1. The van der Waals surface area contributed by atoms with Crippen LogP contribution in [-0.4, -0.2) is 29.5 Å². The molecule has 0 aromatic heterocycles. The van der Waals surface area contributed by atoms with E-state index >= 15 is 0 Å². The summed E-state index contributed by atoms with van der Waals surface area (Å²) in [6.45, 7) is 4.89. The summed E-state index contributed by atoms with van der Waals surface area (Å²) < 4.78 is 0. The molecule has 0 bridgehead atoms. The number of amides is 1. The fraction of sp³-hybridized carbons (Fsp3) is 0.929. The first-order valence-corrected chi connectivity index (χ1v) is 8.36. The number of unbranched alkanes of at least 4 members (excludes halogenated alkanes) is 1. The van der Waals surface area contributed by atoms with Gasteiger partial charge in [-0.15, -0.1) is 24.2 Å². The first-order chi connectivity index (χ1) is 8.69. The Kier molecular flexibility index (Phi) is 10.8. The predicted molar refractivity (Wildman–Crippen MR) is 87.0 cm³/mol. The van der Waals surface area contributed by atoms with Crippen molar-refractivity contribution in [2.45, 2.75) is 63.7 Å². The van der Waals surface area contributed by atoms with Crippen LogP contribution in [0.15, 0.2) is 0 Å². The van der Waals surface area contributed by atoms with Crippen molar-refractivity contribution in [3.8, 4) is 0 Å². The number of carbonyl (C=O) groups is 1. The highest BCUT2D eigenvalue weighted by Gasteiger charge is 2.26. The van der Waals surface area contributed by atoms with Crippen molar-refractivity contribution in [1.29, 1.82) is 0 Å². The quantitative estimate of drug-likeness (QED) is 0.711. The van der Waals surface area contributed by atoms with Crippen LogP contribution in [0.25, 0.3) is 0 Å². The number of halogens is 1. The third-order valence-corrected chi connectivity index (χ3v) is 5.01. The number of hydrogen-bond donors (Lipinski definition) is 2. The fourth-order valence-corrected chi connectivity index (χ4v) is 3.49.